The molecule has 0 unspecified atom stereocenters. The number of aromatic nitrogens is 4. The number of anilines is 1. The molecular weight excluding hydrogens is 342 g/mol. The molecule has 0 spiro atoms. The Bertz CT molecular complexity index is 823. The van der Waals surface area contributed by atoms with E-state index in [2.05, 4.69) is 27.2 Å². The molecule has 3 fully saturated rings. The van der Waals surface area contributed by atoms with Gasteiger partial charge in [-0.2, -0.15) is 9.97 Å². The fourth-order valence-electron chi connectivity index (χ4n) is 4.54. The lowest BCUT2D eigenvalue weighted by molar-refractivity contribution is 0.00386. The van der Waals surface area contributed by atoms with Crippen LogP contribution in [0.2, 0.25) is 5.28 Å². The van der Waals surface area contributed by atoms with E-state index in [9.17, 15) is 10.2 Å². The maximum absolute atomic E-state index is 10.4. The van der Waals surface area contributed by atoms with Crippen LogP contribution in [0.25, 0.3) is 11.2 Å². The fraction of sp³-hybridized carbons (Fsp3) is 0.706. The molecule has 134 valence electrons. The predicted octanol–water partition coefficient (Wildman–Crippen LogP) is 1.99. The molecule has 3 aliphatic carbocycles. The predicted molar refractivity (Wildman–Crippen MR) is 93.4 cm³/mol. The third kappa shape index (κ3) is 2.44. The molecule has 5 rings (SSSR count). The Balaban J connectivity index is 1.54. The summed E-state index contributed by atoms with van der Waals surface area (Å²) in [5, 5.41) is 24.2. The van der Waals surface area contributed by atoms with Crippen LogP contribution < -0.4 is 5.32 Å². The molecular formula is C17H22ClN5O2. The van der Waals surface area contributed by atoms with Crippen LogP contribution in [0.4, 0.5) is 5.82 Å². The summed E-state index contributed by atoms with van der Waals surface area (Å²) in [5.41, 5.74) is 1.30. The van der Waals surface area contributed by atoms with Crippen LogP contribution in [0.3, 0.4) is 0 Å². The third-order valence-electron chi connectivity index (χ3n) is 6.14. The summed E-state index contributed by atoms with van der Waals surface area (Å²) in [4.78, 5) is 13.2. The van der Waals surface area contributed by atoms with E-state index in [4.69, 9.17) is 11.6 Å². The Labute approximate surface area is 150 Å². The van der Waals surface area contributed by atoms with Crippen LogP contribution in [-0.2, 0) is 0 Å². The second-order valence-corrected chi connectivity index (χ2v) is 8.04. The highest BCUT2D eigenvalue weighted by molar-refractivity contribution is 6.28. The smallest absolute Gasteiger partial charge is 0.226 e. The number of imidazole rings is 1. The minimum Gasteiger partial charge on any atom is -0.390 e. The number of nitrogens with zero attached hydrogens (tertiary/aromatic N) is 4. The summed E-state index contributed by atoms with van der Waals surface area (Å²) >= 11 is 6.18. The molecule has 3 N–H and O–H groups in total. The lowest BCUT2D eigenvalue weighted by Gasteiger charge is -2.22. The first kappa shape index (κ1) is 15.8. The van der Waals surface area contributed by atoms with Crippen molar-refractivity contribution in [1.29, 1.82) is 0 Å². The zero-order chi connectivity index (χ0) is 17.3. The van der Waals surface area contributed by atoms with Gasteiger partial charge in [-0.25, -0.2) is 4.98 Å². The maximum Gasteiger partial charge on any atom is 0.226 e. The van der Waals surface area contributed by atoms with Gasteiger partial charge in [-0.05, 0) is 55.0 Å². The van der Waals surface area contributed by atoms with Gasteiger partial charge in [-0.3, -0.25) is 0 Å². The van der Waals surface area contributed by atoms with Gasteiger partial charge in [0, 0.05) is 6.04 Å². The van der Waals surface area contributed by atoms with E-state index in [1.165, 1.54) is 12.8 Å². The molecule has 0 bridgehead atoms. The number of fused-ring (bicyclic) bond motifs is 2. The average molecular weight is 364 g/mol. The molecule has 0 saturated heterocycles. The Morgan fingerprint density at radius 2 is 2.08 bits per heavy atom. The molecule has 0 aromatic carbocycles. The third-order valence-corrected chi connectivity index (χ3v) is 6.31. The van der Waals surface area contributed by atoms with Crippen LogP contribution in [-0.4, -0.2) is 48.0 Å². The van der Waals surface area contributed by atoms with E-state index in [0.29, 0.717) is 28.9 Å². The summed E-state index contributed by atoms with van der Waals surface area (Å²) < 4.78 is 1.87. The topological polar surface area (TPSA) is 96.1 Å². The van der Waals surface area contributed by atoms with E-state index in [1.54, 1.807) is 6.33 Å². The van der Waals surface area contributed by atoms with Crippen molar-refractivity contribution in [2.24, 2.45) is 17.8 Å². The SMILES string of the molecule is CC[C@@H](Nc1nc(Cl)nc2c1ncn2[C@H]1[C@H](O)[C@H](O)[C@@H]2C[C@@H]21)C1CC1. The van der Waals surface area contributed by atoms with Gasteiger partial charge in [0.25, 0.3) is 0 Å². The monoisotopic (exact) mass is 363 g/mol. The van der Waals surface area contributed by atoms with Crippen molar-refractivity contribution in [3.63, 3.8) is 0 Å². The fourth-order valence-corrected chi connectivity index (χ4v) is 4.70. The van der Waals surface area contributed by atoms with Crippen LogP contribution >= 0.6 is 11.6 Å². The van der Waals surface area contributed by atoms with Crippen molar-refractivity contribution >= 4 is 28.6 Å². The Morgan fingerprint density at radius 3 is 2.72 bits per heavy atom. The van der Waals surface area contributed by atoms with Crippen molar-refractivity contribution in [2.75, 3.05) is 5.32 Å². The van der Waals surface area contributed by atoms with Gasteiger partial charge in [0.2, 0.25) is 5.28 Å². The minimum atomic E-state index is -0.791. The zero-order valence-electron chi connectivity index (χ0n) is 14.0. The first-order valence-electron chi connectivity index (χ1n) is 9.11. The Hall–Kier alpha value is -1.44. The quantitative estimate of drug-likeness (QED) is 0.703. The highest BCUT2D eigenvalue weighted by Crippen LogP contribution is 2.58. The van der Waals surface area contributed by atoms with E-state index < -0.39 is 12.2 Å². The molecule has 7 nitrogen and oxygen atoms in total. The number of hydrogen-bond acceptors (Lipinski definition) is 6. The summed E-state index contributed by atoms with van der Waals surface area (Å²) in [6, 6.07) is 0.167. The van der Waals surface area contributed by atoms with Crippen LogP contribution in [0, 0.1) is 17.8 Å². The largest absolute Gasteiger partial charge is 0.390 e. The first-order valence-corrected chi connectivity index (χ1v) is 9.49. The number of halogens is 1. The van der Waals surface area contributed by atoms with E-state index >= 15 is 0 Å². The van der Waals surface area contributed by atoms with Crippen molar-refractivity contribution in [1.82, 2.24) is 19.5 Å². The molecule has 0 amide bonds. The van der Waals surface area contributed by atoms with Crippen molar-refractivity contribution in [3.8, 4) is 0 Å². The van der Waals surface area contributed by atoms with E-state index in [-0.39, 0.29) is 23.2 Å². The highest BCUT2D eigenvalue weighted by atomic mass is 35.5. The van der Waals surface area contributed by atoms with E-state index in [0.717, 1.165) is 12.8 Å². The van der Waals surface area contributed by atoms with Gasteiger partial charge in [-0.1, -0.05) is 6.92 Å². The van der Waals surface area contributed by atoms with Gasteiger partial charge in [0.1, 0.15) is 6.10 Å². The second kappa shape index (κ2) is 5.53. The molecule has 6 atom stereocenters. The van der Waals surface area contributed by atoms with Crippen molar-refractivity contribution < 1.29 is 10.2 Å². The average Bonchev–Trinajstić information content (AvgIpc) is 3.49. The van der Waals surface area contributed by atoms with Gasteiger partial charge in [0.05, 0.1) is 18.5 Å². The normalized spacial score (nSPS) is 35.0. The molecule has 2 heterocycles. The summed E-state index contributed by atoms with van der Waals surface area (Å²) in [6.45, 7) is 2.16. The first-order chi connectivity index (χ1) is 12.1. The lowest BCUT2D eigenvalue weighted by atomic mass is 10.1. The van der Waals surface area contributed by atoms with Crippen LogP contribution in [0.15, 0.2) is 6.33 Å². The highest BCUT2D eigenvalue weighted by Gasteiger charge is 2.60. The summed E-state index contributed by atoms with van der Waals surface area (Å²) in [7, 11) is 0. The second-order valence-electron chi connectivity index (χ2n) is 7.70. The molecule has 3 aliphatic rings. The molecule has 0 aliphatic heterocycles. The molecule has 25 heavy (non-hydrogen) atoms. The molecule has 8 heteroatoms. The maximum atomic E-state index is 10.4. The van der Waals surface area contributed by atoms with Crippen molar-refractivity contribution in [3.05, 3.63) is 11.6 Å². The number of aliphatic hydroxyl groups excluding tert-OH is 2. The van der Waals surface area contributed by atoms with Gasteiger partial charge in [0.15, 0.2) is 17.0 Å². The minimum absolute atomic E-state index is 0.169. The molecule has 0 radical (unpaired) electrons. The molecule has 2 aromatic heterocycles. The number of hydrogen-bond donors (Lipinski definition) is 3. The summed E-state index contributed by atoms with van der Waals surface area (Å²) in [6.07, 6.45) is 4.69. The number of aliphatic hydroxyl groups is 2. The van der Waals surface area contributed by atoms with Gasteiger partial charge < -0.3 is 20.1 Å². The summed E-state index contributed by atoms with van der Waals surface area (Å²) in [5.74, 6) is 1.82. The van der Waals surface area contributed by atoms with Gasteiger partial charge >= 0.3 is 0 Å². The number of nitrogens with one attached hydrogen (secondary N) is 1. The van der Waals surface area contributed by atoms with Crippen LogP contribution in [0.5, 0.6) is 0 Å². The molecule has 3 saturated carbocycles. The molecule has 2 aromatic rings. The van der Waals surface area contributed by atoms with Crippen molar-refractivity contribution in [2.45, 2.75) is 56.9 Å². The van der Waals surface area contributed by atoms with Crippen LogP contribution in [0.1, 0.15) is 38.6 Å². The van der Waals surface area contributed by atoms with Gasteiger partial charge in [-0.15, -0.1) is 0 Å². The standard InChI is InChI=1S/C17H22ClN5O2/c1-2-10(7-3-4-7)20-15-11-16(22-17(18)21-15)23(6-19-11)12-8-5-9(8)13(24)14(12)25/h6-10,12-14,24-25H,2-5H2,1H3,(H,20,21,22)/t8-,9+,10+,12+,13+,14-/m0/s1. The lowest BCUT2D eigenvalue weighted by Crippen LogP contribution is -2.31. The van der Waals surface area contributed by atoms with E-state index in [1.807, 2.05) is 4.57 Å². The Kier molecular flexibility index (Phi) is 3.49. The zero-order valence-corrected chi connectivity index (χ0v) is 14.8. The Morgan fingerprint density at radius 1 is 1.28 bits per heavy atom. The number of rotatable bonds is 5.